The first-order valence-electron chi connectivity index (χ1n) is 9.78. The van der Waals surface area contributed by atoms with Gasteiger partial charge in [0, 0.05) is 25.2 Å². The summed E-state index contributed by atoms with van der Waals surface area (Å²) in [7, 11) is 1.66. The first kappa shape index (κ1) is 17.8. The van der Waals surface area contributed by atoms with E-state index < -0.39 is 0 Å². The highest BCUT2D eigenvalue weighted by Gasteiger charge is 2.32. The van der Waals surface area contributed by atoms with E-state index in [0.29, 0.717) is 17.3 Å². The number of methoxy groups -OCH3 is 1. The van der Waals surface area contributed by atoms with E-state index in [1.807, 2.05) is 12.1 Å². The SMILES string of the molecule is COc1c(N2CCC(C(C)N)C2)ccc2c(=O)c3c(=O)[nH]sc3n(C3CC3)c12. The molecule has 2 aromatic heterocycles. The molecule has 2 unspecified atom stereocenters. The number of aromatic amines is 1. The van der Waals surface area contributed by atoms with E-state index in [1.54, 1.807) is 7.11 Å². The molecule has 148 valence electrons. The van der Waals surface area contributed by atoms with Crippen molar-refractivity contribution in [2.24, 2.45) is 11.7 Å². The number of hydrogen-bond donors (Lipinski definition) is 2. The normalized spacial score (nSPS) is 21.0. The summed E-state index contributed by atoms with van der Waals surface area (Å²) in [6, 6.07) is 4.26. The Morgan fingerprint density at radius 2 is 2.07 bits per heavy atom. The molecule has 0 amide bonds. The zero-order valence-electron chi connectivity index (χ0n) is 16.0. The van der Waals surface area contributed by atoms with Crippen molar-refractivity contribution in [3.05, 3.63) is 32.7 Å². The molecule has 2 atom stereocenters. The first-order valence-corrected chi connectivity index (χ1v) is 10.6. The average molecular weight is 401 g/mol. The molecule has 28 heavy (non-hydrogen) atoms. The molecule has 0 bridgehead atoms. The van der Waals surface area contributed by atoms with Crippen LogP contribution in [0.1, 0.15) is 32.2 Å². The van der Waals surface area contributed by atoms with E-state index in [9.17, 15) is 9.59 Å². The number of nitrogens with one attached hydrogen (secondary N) is 1. The molecule has 0 radical (unpaired) electrons. The molecule has 1 aromatic carbocycles. The van der Waals surface area contributed by atoms with Gasteiger partial charge < -0.3 is 19.9 Å². The molecule has 1 aliphatic heterocycles. The Bertz CT molecular complexity index is 1190. The fourth-order valence-corrected chi connectivity index (χ4v) is 5.37. The second-order valence-corrected chi connectivity index (χ2v) is 8.81. The number of H-pyrrole nitrogens is 1. The maximum absolute atomic E-state index is 13.1. The fraction of sp³-hybridized carbons (Fsp3) is 0.500. The third kappa shape index (κ3) is 2.51. The van der Waals surface area contributed by atoms with Crippen LogP contribution in [0.2, 0.25) is 0 Å². The van der Waals surface area contributed by atoms with Crippen LogP contribution in [-0.2, 0) is 0 Å². The number of benzene rings is 1. The molecule has 5 rings (SSSR count). The minimum absolute atomic E-state index is 0.151. The van der Waals surface area contributed by atoms with Crippen LogP contribution in [0.5, 0.6) is 5.75 Å². The van der Waals surface area contributed by atoms with Crippen molar-refractivity contribution in [1.82, 2.24) is 8.94 Å². The van der Waals surface area contributed by atoms with Crippen LogP contribution in [0.4, 0.5) is 5.69 Å². The third-order valence-corrected chi connectivity index (χ3v) is 7.03. The molecule has 3 N–H and O–H groups in total. The Hall–Kier alpha value is -2.32. The maximum Gasteiger partial charge on any atom is 0.271 e. The molecular weight excluding hydrogens is 376 g/mol. The smallest absolute Gasteiger partial charge is 0.271 e. The molecule has 8 heteroatoms. The van der Waals surface area contributed by atoms with Gasteiger partial charge in [-0.15, -0.1) is 0 Å². The van der Waals surface area contributed by atoms with Gasteiger partial charge in [0.15, 0.2) is 5.75 Å². The van der Waals surface area contributed by atoms with Crippen molar-refractivity contribution < 1.29 is 4.74 Å². The lowest BCUT2D eigenvalue weighted by Gasteiger charge is -2.24. The number of nitrogens with zero attached hydrogens (tertiary/aromatic N) is 2. The number of fused-ring (bicyclic) bond motifs is 2. The van der Waals surface area contributed by atoms with Gasteiger partial charge in [0.25, 0.3) is 5.56 Å². The van der Waals surface area contributed by atoms with Gasteiger partial charge >= 0.3 is 0 Å². The van der Waals surface area contributed by atoms with Crippen LogP contribution in [0.3, 0.4) is 0 Å². The summed E-state index contributed by atoms with van der Waals surface area (Å²) in [5.74, 6) is 1.16. The summed E-state index contributed by atoms with van der Waals surface area (Å²) < 4.78 is 10.8. The average Bonchev–Trinajstić information content (AvgIpc) is 3.25. The van der Waals surface area contributed by atoms with E-state index in [2.05, 4.69) is 20.8 Å². The number of rotatable bonds is 4. The van der Waals surface area contributed by atoms with Crippen LogP contribution >= 0.6 is 11.5 Å². The number of nitrogens with two attached hydrogens (primary N) is 1. The number of ether oxygens (including phenoxy) is 1. The minimum Gasteiger partial charge on any atom is -0.492 e. The van der Waals surface area contributed by atoms with Crippen molar-refractivity contribution >= 4 is 38.3 Å². The van der Waals surface area contributed by atoms with Crippen molar-refractivity contribution in [2.45, 2.75) is 38.3 Å². The molecular formula is C20H24N4O3S. The van der Waals surface area contributed by atoms with Crippen molar-refractivity contribution in [2.75, 3.05) is 25.1 Å². The Kier molecular flexibility index (Phi) is 4.03. The number of pyridine rings is 1. The van der Waals surface area contributed by atoms with E-state index in [0.717, 1.165) is 54.1 Å². The standard InChI is InChI=1S/C20H24N4O3S/c1-10(21)11-7-8-23(9-11)14-6-5-13-16(18(14)27-2)24(12-3-4-12)20-15(17(13)25)19(26)22-28-20/h5-6,10-12H,3-4,7-9,21H2,1-2H3,(H,22,26). The van der Waals surface area contributed by atoms with Gasteiger partial charge in [-0.25, -0.2) is 0 Å². The summed E-state index contributed by atoms with van der Waals surface area (Å²) in [4.78, 5) is 28.4. The van der Waals surface area contributed by atoms with Gasteiger partial charge in [0.05, 0.1) is 23.7 Å². The highest BCUT2D eigenvalue weighted by atomic mass is 32.1. The van der Waals surface area contributed by atoms with Gasteiger partial charge in [-0.05, 0) is 55.8 Å². The molecule has 1 aliphatic carbocycles. The molecule has 2 fully saturated rings. The summed E-state index contributed by atoms with van der Waals surface area (Å²) >= 11 is 1.24. The Labute approximate surface area is 165 Å². The highest BCUT2D eigenvalue weighted by Crippen LogP contribution is 2.45. The Morgan fingerprint density at radius 1 is 1.29 bits per heavy atom. The van der Waals surface area contributed by atoms with Gasteiger partial charge in [0.2, 0.25) is 5.43 Å². The zero-order valence-corrected chi connectivity index (χ0v) is 16.8. The monoisotopic (exact) mass is 400 g/mol. The van der Waals surface area contributed by atoms with Gasteiger partial charge in [-0.3, -0.25) is 14.0 Å². The second-order valence-electron chi connectivity index (χ2n) is 8.01. The van der Waals surface area contributed by atoms with Crippen molar-refractivity contribution in [3.63, 3.8) is 0 Å². The lowest BCUT2D eigenvalue weighted by molar-refractivity contribution is 0.417. The third-order valence-electron chi connectivity index (χ3n) is 6.15. The predicted molar refractivity (Wildman–Crippen MR) is 113 cm³/mol. The molecule has 1 saturated heterocycles. The van der Waals surface area contributed by atoms with Gasteiger partial charge in [-0.1, -0.05) is 0 Å². The lowest BCUT2D eigenvalue weighted by Crippen LogP contribution is -2.30. The van der Waals surface area contributed by atoms with E-state index in [4.69, 9.17) is 10.5 Å². The highest BCUT2D eigenvalue weighted by molar-refractivity contribution is 7.12. The molecule has 2 aliphatic rings. The first-order chi connectivity index (χ1) is 13.5. The molecule has 3 aromatic rings. The summed E-state index contributed by atoms with van der Waals surface area (Å²) in [5, 5.41) is 0.809. The van der Waals surface area contributed by atoms with E-state index in [1.165, 1.54) is 11.5 Å². The van der Waals surface area contributed by atoms with Gasteiger partial charge in [0.1, 0.15) is 10.2 Å². The lowest BCUT2D eigenvalue weighted by atomic mass is 10.0. The van der Waals surface area contributed by atoms with Crippen LogP contribution in [0.25, 0.3) is 21.1 Å². The van der Waals surface area contributed by atoms with Crippen LogP contribution < -0.4 is 26.4 Å². The summed E-state index contributed by atoms with van der Waals surface area (Å²) in [6.07, 6.45) is 3.14. The van der Waals surface area contributed by atoms with Crippen LogP contribution in [-0.4, -0.2) is 35.2 Å². The van der Waals surface area contributed by atoms with Crippen molar-refractivity contribution in [1.29, 1.82) is 0 Å². The minimum atomic E-state index is -0.302. The summed E-state index contributed by atoms with van der Waals surface area (Å²) in [6.45, 7) is 3.86. The molecule has 3 heterocycles. The van der Waals surface area contributed by atoms with Crippen LogP contribution in [0, 0.1) is 5.92 Å². The Balaban J connectivity index is 1.80. The van der Waals surface area contributed by atoms with E-state index >= 15 is 0 Å². The largest absolute Gasteiger partial charge is 0.492 e. The Morgan fingerprint density at radius 3 is 2.71 bits per heavy atom. The zero-order chi connectivity index (χ0) is 19.6. The fourth-order valence-electron chi connectivity index (χ4n) is 4.45. The topological polar surface area (TPSA) is 93.3 Å². The molecule has 0 spiro atoms. The number of hydrogen-bond acceptors (Lipinski definition) is 6. The number of aromatic nitrogens is 2. The quantitative estimate of drug-likeness (QED) is 0.702. The van der Waals surface area contributed by atoms with E-state index in [-0.39, 0.29) is 22.4 Å². The number of anilines is 1. The van der Waals surface area contributed by atoms with Crippen LogP contribution in [0.15, 0.2) is 21.7 Å². The maximum atomic E-state index is 13.1. The second kappa shape index (κ2) is 6.35. The molecule has 7 nitrogen and oxygen atoms in total. The molecule has 1 saturated carbocycles. The predicted octanol–water partition coefficient (Wildman–Crippen LogP) is 2.42. The van der Waals surface area contributed by atoms with Crippen molar-refractivity contribution in [3.8, 4) is 5.75 Å². The summed E-state index contributed by atoms with van der Waals surface area (Å²) in [5.41, 5.74) is 7.40. The van der Waals surface area contributed by atoms with Gasteiger partial charge in [-0.2, -0.15) is 0 Å².